The molecule has 0 radical (unpaired) electrons. The lowest BCUT2D eigenvalue weighted by atomic mass is 10.0. The summed E-state index contributed by atoms with van der Waals surface area (Å²) in [6, 6.07) is 13.1. The number of phenols is 1. The lowest BCUT2D eigenvalue weighted by Crippen LogP contribution is -2.14. The van der Waals surface area contributed by atoms with Crippen LogP contribution in [0.1, 0.15) is 32.0 Å². The van der Waals surface area contributed by atoms with Crippen LogP contribution in [0.15, 0.2) is 48.5 Å². The van der Waals surface area contributed by atoms with Crippen molar-refractivity contribution < 1.29 is 24.2 Å². The van der Waals surface area contributed by atoms with E-state index in [0.29, 0.717) is 22.3 Å². The van der Waals surface area contributed by atoms with Crippen LogP contribution in [0.5, 0.6) is 5.75 Å². The molecule has 0 saturated carbocycles. The normalized spacial score (nSPS) is 10.5. The van der Waals surface area contributed by atoms with Crippen LogP contribution in [-0.2, 0) is 16.1 Å². The average molecular weight is 351 g/mol. The predicted octanol–water partition coefficient (Wildman–Crippen LogP) is 3.39. The zero-order chi connectivity index (χ0) is 18.7. The number of hydrogen-bond acceptors (Lipinski definition) is 6. The van der Waals surface area contributed by atoms with E-state index >= 15 is 0 Å². The number of fused-ring (bicyclic) bond motifs is 1. The summed E-state index contributed by atoms with van der Waals surface area (Å²) in [6.45, 7) is 1.64. The summed E-state index contributed by atoms with van der Waals surface area (Å²) in [5.74, 6) is -1.05. The third-order valence-corrected chi connectivity index (χ3v) is 4.06. The van der Waals surface area contributed by atoms with Gasteiger partial charge in [-0.25, -0.2) is 14.6 Å². The summed E-state index contributed by atoms with van der Waals surface area (Å²) in [7, 11) is 1.29. The Bertz CT molecular complexity index is 979. The molecule has 0 unspecified atom stereocenters. The first kappa shape index (κ1) is 17.4. The number of carbonyl (C=O) groups excluding carboxylic acids is 2. The van der Waals surface area contributed by atoms with Gasteiger partial charge in [0.25, 0.3) is 0 Å². The topological polar surface area (TPSA) is 85.7 Å². The van der Waals surface area contributed by atoms with Gasteiger partial charge in [-0.05, 0) is 42.8 Å². The summed E-state index contributed by atoms with van der Waals surface area (Å²) in [4.78, 5) is 28.9. The number of nitrogens with zero attached hydrogens (tertiary/aromatic N) is 1. The average Bonchev–Trinajstić information content (AvgIpc) is 2.66. The Kier molecular flexibility index (Phi) is 4.84. The molecule has 26 heavy (non-hydrogen) atoms. The molecule has 3 rings (SSSR count). The highest BCUT2D eigenvalue weighted by atomic mass is 16.5. The fourth-order valence-corrected chi connectivity index (χ4v) is 2.73. The van der Waals surface area contributed by atoms with Crippen LogP contribution in [0.3, 0.4) is 0 Å². The maximum atomic E-state index is 12.2. The molecule has 3 aromatic rings. The number of rotatable bonds is 4. The van der Waals surface area contributed by atoms with Gasteiger partial charge in [0.2, 0.25) is 0 Å². The van der Waals surface area contributed by atoms with Crippen LogP contribution >= 0.6 is 0 Å². The van der Waals surface area contributed by atoms with Crippen molar-refractivity contribution in [2.24, 2.45) is 0 Å². The van der Waals surface area contributed by atoms with Crippen molar-refractivity contribution in [2.75, 3.05) is 7.11 Å². The zero-order valence-electron chi connectivity index (χ0n) is 14.4. The summed E-state index contributed by atoms with van der Waals surface area (Å²) in [5, 5.41) is 10.1. The van der Waals surface area contributed by atoms with E-state index in [1.807, 2.05) is 31.2 Å². The summed E-state index contributed by atoms with van der Waals surface area (Å²) in [6.07, 6.45) is 0. The molecule has 0 fully saturated rings. The molecule has 2 aromatic carbocycles. The number of aromatic hydroxyl groups is 1. The van der Waals surface area contributed by atoms with Crippen LogP contribution in [0.4, 0.5) is 0 Å². The van der Waals surface area contributed by atoms with Gasteiger partial charge in [-0.15, -0.1) is 0 Å². The molecule has 1 N–H and O–H groups in total. The Labute approximate surface area is 150 Å². The van der Waals surface area contributed by atoms with Crippen molar-refractivity contribution in [3.63, 3.8) is 0 Å². The molecular formula is C20H17NO5. The highest BCUT2D eigenvalue weighted by Gasteiger charge is 2.20. The van der Waals surface area contributed by atoms with E-state index < -0.39 is 11.9 Å². The molecule has 1 heterocycles. The smallest absolute Gasteiger partial charge is 0.340 e. The summed E-state index contributed by atoms with van der Waals surface area (Å²) >= 11 is 0. The summed E-state index contributed by atoms with van der Waals surface area (Å²) < 4.78 is 10.2. The van der Waals surface area contributed by atoms with Gasteiger partial charge in [-0.1, -0.05) is 18.2 Å². The Morgan fingerprint density at radius 1 is 1.04 bits per heavy atom. The van der Waals surface area contributed by atoms with Crippen molar-refractivity contribution in [2.45, 2.75) is 13.5 Å². The number of carbonyl (C=O) groups is 2. The third kappa shape index (κ3) is 3.35. The second kappa shape index (κ2) is 7.23. The van der Waals surface area contributed by atoms with Gasteiger partial charge in [-0.3, -0.25) is 0 Å². The molecule has 0 aliphatic carbocycles. The molecular weight excluding hydrogens is 334 g/mol. The monoisotopic (exact) mass is 351 g/mol. The van der Waals surface area contributed by atoms with Gasteiger partial charge < -0.3 is 14.6 Å². The molecule has 0 amide bonds. The van der Waals surface area contributed by atoms with E-state index in [9.17, 15) is 14.7 Å². The van der Waals surface area contributed by atoms with E-state index in [-0.39, 0.29) is 12.4 Å². The number of aryl methyl sites for hydroxylation is 1. The fourth-order valence-electron chi connectivity index (χ4n) is 2.73. The first-order valence-electron chi connectivity index (χ1n) is 7.94. The number of aromatic nitrogens is 1. The third-order valence-electron chi connectivity index (χ3n) is 4.06. The van der Waals surface area contributed by atoms with Gasteiger partial charge in [0.1, 0.15) is 12.4 Å². The van der Waals surface area contributed by atoms with E-state index in [1.165, 1.54) is 31.4 Å². The number of ether oxygens (including phenoxy) is 2. The first-order valence-corrected chi connectivity index (χ1v) is 7.94. The number of esters is 2. The molecule has 0 bridgehead atoms. The quantitative estimate of drug-likeness (QED) is 0.725. The van der Waals surface area contributed by atoms with Gasteiger partial charge >= 0.3 is 11.9 Å². The molecule has 0 aliphatic heterocycles. The number of hydrogen-bond donors (Lipinski definition) is 1. The molecule has 0 aliphatic rings. The molecule has 0 saturated heterocycles. The molecule has 6 nitrogen and oxygen atoms in total. The highest BCUT2D eigenvalue weighted by molar-refractivity contribution is 5.98. The molecule has 132 valence electrons. The van der Waals surface area contributed by atoms with Crippen molar-refractivity contribution in [3.05, 3.63) is 70.9 Å². The van der Waals surface area contributed by atoms with Gasteiger partial charge in [-0.2, -0.15) is 0 Å². The molecule has 6 heteroatoms. The van der Waals surface area contributed by atoms with Crippen LogP contribution in [0.25, 0.3) is 10.9 Å². The first-order chi connectivity index (χ1) is 12.5. The number of methoxy groups -OCH3 is 1. The minimum Gasteiger partial charge on any atom is -0.508 e. The van der Waals surface area contributed by atoms with Crippen molar-refractivity contribution in [3.8, 4) is 5.75 Å². The number of pyridine rings is 1. The number of para-hydroxylation sites is 1. The van der Waals surface area contributed by atoms with Gasteiger partial charge in [0.05, 0.1) is 29.4 Å². The second-order valence-electron chi connectivity index (χ2n) is 5.69. The predicted molar refractivity (Wildman–Crippen MR) is 95.0 cm³/mol. The zero-order valence-corrected chi connectivity index (χ0v) is 14.4. The SMILES string of the molecule is COC(=O)c1c(COC(=O)c2ccc(O)cc2)nc2ccccc2c1C. The van der Waals surface area contributed by atoms with Crippen LogP contribution < -0.4 is 0 Å². The van der Waals surface area contributed by atoms with E-state index in [2.05, 4.69) is 4.98 Å². The maximum Gasteiger partial charge on any atom is 0.340 e. The van der Waals surface area contributed by atoms with Crippen molar-refractivity contribution in [1.82, 2.24) is 4.98 Å². The number of phenolic OH excluding ortho intramolecular Hbond substituents is 1. The lowest BCUT2D eigenvalue weighted by molar-refractivity contribution is 0.0455. The van der Waals surface area contributed by atoms with Crippen LogP contribution in [0, 0.1) is 6.92 Å². The summed E-state index contributed by atoms with van der Waals surface area (Å²) in [5.41, 5.74) is 2.34. The second-order valence-corrected chi connectivity index (χ2v) is 5.69. The molecule has 1 aromatic heterocycles. The van der Waals surface area contributed by atoms with E-state index in [1.54, 1.807) is 0 Å². The Hall–Kier alpha value is -3.41. The standard InChI is InChI=1S/C20H17NO5/c1-12-15-5-3-4-6-16(15)21-17(18(12)20(24)25-2)11-26-19(23)13-7-9-14(22)10-8-13/h3-10,22H,11H2,1-2H3. The van der Waals surface area contributed by atoms with Crippen molar-refractivity contribution in [1.29, 1.82) is 0 Å². The Morgan fingerprint density at radius 3 is 2.42 bits per heavy atom. The van der Waals surface area contributed by atoms with Crippen LogP contribution in [0.2, 0.25) is 0 Å². The van der Waals surface area contributed by atoms with Gasteiger partial charge in [0, 0.05) is 5.39 Å². The molecule has 0 atom stereocenters. The fraction of sp³-hybridized carbons (Fsp3) is 0.150. The van der Waals surface area contributed by atoms with E-state index in [0.717, 1.165) is 10.9 Å². The van der Waals surface area contributed by atoms with Crippen LogP contribution in [-0.4, -0.2) is 29.1 Å². The Morgan fingerprint density at radius 2 is 1.73 bits per heavy atom. The molecule has 0 spiro atoms. The minimum absolute atomic E-state index is 0.0568. The van der Waals surface area contributed by atoms with E-state index in [4.69, 9.17) is 9.47 Å². The highest BCUT2D eigenvalue weighted by Crippen LogP contribution is 2.24. The number of benzene rings is 2. The van der Waals surface area contributed by atoms with Gasteiger partial charge in [0.15, 0.2) is 0 Å². The van der Waals surface area contributed by atoms with Crippen molar-refractivity contribution >= 4 is 22.8 Å². The minimum atomic E-state index is -0.576. The Balaban J connectivity index is 1.94. The largest absolute Gasteiger partial charge is 0.508 e. The maximum absolute atomic E-state index is 12.2. The lowest BCUT2D eigenvalue weighted by Gasteiger charge is -2.13.